The first-order valence-corrected chi connectivity index (χ1v) is 11.9. The molecule has 5 nitrogen and oxygen atoms in total. The van der Waals surface area contributed by atoms with Gasteiger partial charge in [0, 0.05) is 42.4 Å². The Kier molecular flexibility index (Phi) is 9.08. The van der Waals surface area contributed by atoms with E-state index in [4.69, 9.17) is 18.0 Å². The van der Waals surface area contributed by atoms with Gasteiger partial charge in [-0.25, -0.2) is 0 Å². The molecule has 1 aliphatic carbocycles. The number of nitrogens with two attached hydrogens (primary N) is 1. The topological polar surface area (TPSA) is 75.4 Å². The zero-order chi connectivity index (χ0) is 21.6. The van der Waals surface area contributed by atoms with Crippen molar-refractivity contribution in [2.75, 3.05) is 19.6 Å². The fourth-order valence-corrected chi connectivity index (χ4v) is 4.82. The van der Waals surface area contributed by atoms with Crippen LogP contribution in [0.5, 0.6) is 0 Å². The van der Waals surface area contributed by atoms with Gasteiger partial charge in [-0.2, -0.15) is 0 Å². The van der Waals surface area contributed by atoms with Gasteiger partial charge in [-0.3, -0.25) is 9.59 Å². The molecule has 0 aromatic rings. The second-order valence-electron chi connectivity index (χ2n) is 10.1. The molecule has 1 heterocycles. The lowest BCUT2D eigenvalue weighted by atomic mass is 9.72. The first kappa shape index (κ1) is 24.3. The highest BCUT2D eigenvalue weighted by Gasteiger charge is 2.39. The number of amides is 2. The summed E-state index contributed by atoms with van der Waals surface area (Å²) in [5.74, 6) is 1.07. The van der Waals surface area contributed by atoms with Crippen molar-refractivity contribution in [2.24, 2.45) is 28.9 Å². The average molecular weight is 424 g/mol. The van der Waals surface area contributed by atoms with Crippen LogP contribution >= 0.6 is 12.2 Å². The highest BCUT2D eigenvalue weighted by atomic mass is 32.1. The number of carbonyl (C=O) groups excluding carboxylic acids is 2. The Morgan fingerprint density at radius 3 is 2.55 bits per heavy atom. The van der Waals surface area contributed by atoms with E-state index in [2.05, 4.69) is 33.0 Å². The van der Waals surface area contributed by atoms with Crippen LogP contribution in [0.4, 0.5) is 0 Å². The molecule has 29 heavy (non-hydrogen) atoms. The average Bonchev–Trinajstić information content (AvgIpc) is 3.10. The zero-order valence-corrected chi connectivity index (χ0v) is 19.7. The number of rotatable bonds is 10. The Morgan fingerprint density at radius 1 is 1.28 bits per heavy atom. The monoisotopic (exact) mass is 423 g/mol. The number of hydrogen-bond donors (Lipinski definition) is 2. The number of likely N-dealkylation sites (tertiary alicyclic amines) is 1. The van der Waals surface area contributed by atoms with E-state index in [1.165, 1.54) is 19.3 Å². The van der Waals surface area contributed by atoms with E-state index in [9.17, 15) is 9.59 Å². The molecule has 2 amide bonds. The van der Waals surface area contributed by atoms with Gasteiger partial charge in [0.1, 0.15) is 0 Å². The van der Waals surface area contributed by atoms with Crippen LogP contribution in [0.3, 0.4) is 0 Å². The Labute approximate surface area is 182 Å². The molecule has 2 aliphatic rings. The highest BCUT2D eigenvalue weighted by Crippen LogP contribution is 2.37. The predicted molar refractivity (Wildman–Crippen MR) is 123 cm³/mol. The van der Waals surface area contributed by atoms with Crippen molar-refractivity contribution in [3.8, 4) is 0 Å². The normalized spacial score (nSPS) is 25.4. The summed E-state index contributed by atoms with van der Waals surface area (Å²) in [5.41, 5.74) is 5.52. The summed E-state index contributed by atoms with van der Waals surface area (Å²) >= 11 is 5.34. The van der Waals surface area contributed by atoms with Gasteiger partial charge >= 0.3 is 0 Å². The molecule has 0 aromatic carbocycles. The van der Waals surface area contributed by atoms with Crippen LogP contribution in [0.15, 0.2) is 0 Å². The summed E-state index contributed by atoms with van der Waals surface area (Å²) in [4.78, 5) is 28.6. The van der Waals surface area contributed by atoms with Crippen molar-refractivity contribution >= 4 is 28.9 Å². The van der Waals surface area contributed by atoms with E-state index >= 15 is 0 Å². The minimum absolute atomic E-state index is 0.0960. The molecule has 2 atom stereocenters. The third kappa shape index (κ3) is 6.74. The van der Waals surface area contributed by atoms with E-state index in [1.54, 1.807) is 0 Å². The highest BCUT2D eigenvalue weighted by molar-refractivity contribution is 7.80. The lowest BCUT2D eigenvalue weighted by molar-refractivity contribution is -0.140. The van der Waals surface area contributed by atoms with Gasteiger partial charge in [-0.15, -0.1) is 0 Å². The molecule has 166 valence electrons. The quantitative estimate of drug-likeness (QED) is 0.526. The summed E-state index contributed by atoms with van der Waals surface area (Å²) in [5, 5.41) is 3.14. The molecule has 1 saturated heterocycles. The smallest absolute Gasteiger partial charge is 0.226 e. The molecule has 0 spiro atoms. The summed E-state index contributed by atoms with van der Waals surface area (Å²) < 4.78 is 0. The molecule has 2 rings (SSSR count). The Bertz CT molecular complexity index is 581. The minimum Gasteiger partial charge on any atom is -0.354 e. The second-order valence-corrected chi connectivity index (χ2v) is 10.7. The summed E-state index contributed by atoms with van der Waals surface area (Å²) in [6.45, 7) is 10.2. The number of nitrogens with zero attached hydrogens (tertiary/aromatic N) is 1. The first-order valence-electron chi connectivity index (χ1n) is 11.5. The standard InChI is InChI=1S/C23H41N3O2S/c1-5-6-8-16-11-17(12-16)21(27)25-15-18-9-7-10-26(18)22(28)20(23(2,3)4)13-19(29)14-24/h16-18,20H,5-15,24H2,1-4H3,(H,25,27)/t16?,17?,18-,20-/m1/s1. The van der Waals surface area contributed by atoms with Crippen molar-refractivity contribution < 1.29 is 9.59 Å². The van der Waals surface area contributed by atoms with Crippen molar-refractivity contribution in [3.05, 3.63) is 0 Å². The van der Waals surface area contributed by atoms with Crippen LogP contribution in [0, 0.1) is 23.2 Å². The summed E-state index contributed by atoms with van der Waals surface area (Å²) in [6, 6.07) is 0.0960. The fourth-order valence-electron chi connectivity index (χ4n) is 4.65. The summed E-state index contributed by atoms with van der Waals surface area (Å²) in [7, 11) is 0. The fraction of sp³-hybridized carbons (Fsp3) is 0.870. The lowest BCUT2D eigenvalue weighted by Crippen LogP contribution is -2.49. The molecule has 6 heteroatoms. The van der Waals surface area contributed by atoms with Crippen LogP contribution in [0.1, 0.15) is 79.1 Å². The van der Waals surface area contributed by atoms with Crippen LogP contribution in [0.25, 0.3) is 0 Å². The third-order valence-electron chi connectivity index (χ3n) is 6.75. The number of unbranched alkanes of at least 4 members (excludes halogenated alkanes) is 1. The predicted octanol–water partition coefficient (Wildman–Crippen LogP) is 3.69. The molecule has 0 aromatic heterocycles. The largest absolute Gasteiger partial charge is 0.354 e. The number of carbonyl (C=O) groups is 2. The number of thiocarbonyl (C=S) groups is 1. The molecule has 3 N–H and O–H groups in total. The van der Waals surface area contributed by atoms with Crippen LogP contribution in [-0.4, -0.2) is 47.3 Å². The SMILES string of the molecule is CCCCC1CC(C(=O)NC[C@H]2CCCN2C(=O)[C@@H](CC(=S)CN)C(C)(C)C)C1. The van der Waals surface area contributed by atoms with Gasteiger partial charge in [-0.05, 0) is 43.4 Å². The maximum absolute atomic E-state index is 13.4. The zero-order valence-electron chi connectivity index (χ0n) is 18.8. The maximum atomic E-state index is 13.4. The van der Waals surface area contributed by atoms with Crippen LogP contribution in [-0.2, 0) is 9.59 Å². The maximum Gasteiger partial charge on any atom is 0.226 e. The van der Waals surface area contributed by atoms with Crippen molar-refractivity contribution in [3.63, 3.8) is 0 Å². The number of nitrogens with one attached hydrogen (secondary N) is 1. The lowest BCUT2D eigenvalue weighted by Gasteiger charge is -2.37. The van der Waals surface area contributed by atoms with E-state index in [0.29, 0.717) is 19.5 Å². The molecular weight excluding hydrogens is 382 g/mol. The van der Waals surface area contributed by atoms with Gasteiger partial charge in [0.05, 0.1) is 0 Å². The molecule has 1 saturated carbocycles. The Balaban J connectivity index is 1.87. The van der Waals surface area contributed by atoms with Gasteiger partial charge in [0.25, 0.3) is 0 Å². The van der Waals surface area contributed by atoms with Gasteiger partial charge in [0.2, 0.25) is 11.8 Å². The van der Waals surface area contributed by atoms with Gasteiger partial charge in [0.15, 0.2) is 0 Å². The van der Waals surface area contributed by atoms with E-state index in [-0.39, 0.29) is 35.1 Å². The van der Waals surface area contributed by atoms with Crippen molar-refractivity contribution in [1.29, 1.82) is 0 Å². The molecule has 1 aliphatic heterocycles. The molecule has 0 unspecified atom stereocenters. The van der Waals surface area contributed by atoms with E-state index in [0.717, 1.165) is 43.0 Å². The van der Waals surface area contributed by atoms with Gasteiger partial charge in [-0.1, -0.05) is 59.2 Å². The van der Waals surface area contributed by atoms with Crippen molar-refractivity contribution in [2.45, 2.75) is 85.1 Å². The van der Waals surface area contributed by atoms with Crippen molar-refractivity contribution in [1.82, 2.24) is 10.2 Å². The van der Waals surface area contributed by atoms with E-state index in [1.807, 2.05) is 4.90 Å². The molecule has 0 radical (unpaired) electrons. The third-order valence-corrected chi connectivity index (χ3v) is 7.08. The first-order chi connectivity index (χ1) is 13.7. The number of hydrogen-bond acceptors (Lipinski definition) is 4. The Morgan fingerprint density at radius 2 is 1.97 bits per heavy atom. The van der Waals surface area contributed by atoms with Crippen LogP contribution < -0.4 is 11.1 Å². The van der Waals surface area contributed by atoms with E-state index < -0.39 is 0 Å². The van der Waals surface area contributed by atoms with Gasteiger partial charge < -0.3 is 16.0 Å². The minimum atomic E-state index is -0.174. The Hall–Kier alpha value is -1.01. The summed E-state index contributed by atoms with van der Waals surface area (Å²) in [6.07, 6.45) is 8.31. The second kappa shape index (κ2) is 10.9. The molecule has 0 bridgehead atoms. The van der Waals surface area contributed by atoms with Crippen LogP contribution in [0.2, 0.25) is 0 Å². The molecular formula is C23H41N3O2S. The molecule has 2 fully saturated rings.